The van der Waals surface area contributed by atoms with Crippen LogP contribution in [0.1, 0.15) is 25.7 Å². The maximum absolute atomic E-state index is 10.9. The standard InChI is InChI=1S/C11H14O2S/c12-11(13)9-5-8-6-2-1-3-7(4-6)10(8)14-9/h5-8,10H,1-4H2,(H,12,13)/t6-,7+,8?,10?/m0/s1. The van der Waals surface area contributed by atoms with Crippen molar-refractivity contribution in [1.29, 1.82) is 0 Å². The molecular weight excluding hydrogens is 196 g/mol. The summed E-state index contributed by atoms with van der Waals surface area (Å²) in [5.41, 5.74) is 0. The van der Waals surface area contributed by atoms with Crippen LogP contribution in [0.4, 0.5) is 0 Å². The predicted octanol–water partition coefficient (Wildman–Crippen LogP) is 2.51. The molecular formula is C11H14O2S. The van der Waals surface area contributed by atoms with E-state index in [1.54, 1.807) is 11.8 Å². The van der Waals surface area contributed by atoms with Gasteiger partial charge in [-0.25, -0.2) is 4.79 Å². The molecule has 0 radical (unpaired) electrons. The molecule has 2 fully saturated rings. The van der Waals surface area contributed by atoms with Crippen LogP contribution in [-0.4, -0.2) is 16.3 Å². The first kappa shape index (κ1) is 8.84. The highest BCUT2D eigenvalue weighted by atomic mass is 32.2. The lowest BCUT2D eigenvalue weighted by Gasteiger charge is -2.20. The molecule has 3 heteroatoms. The lowest BCUT2D eigenvalue weighted by molar-refractivity contribution is -0.131. The number of rotatable bonds is 1. The molecule has 14 heavy (non-hydrogen) atoms. The third kappa shape index (κ3) is 1.14. The molecule has 1 aliphatic heterocycles. The summed E-state index contributed by atoms with van der Waals surface area (Å²) in [5.74, 6) is 1.46. The van der Waals surface area contributed by atoms with Gasteiger partial charge in [0.05, 0.1) is 4.91 Å². The maximum Gasteiger partial charge on any atom is 0.341 e. The van der Waals surface area contributed by atoms with Gasteiger partial charge in [-0.05, 0) is 37.0 Å². The summed E-state index contributed by atoms with van der Waals surface area (Å²) in [7, 11) is 0. The van der Waals surface area contributed by atoms with E-state index in [9.17, 15) is 4.79 Å². The molecule has 2 unspecified atom stereocenters. The van der Waals surface area contributed by atoms with Gasteiger partial charge in [0.25, 0.3) is 0 Å². The first-order chi connectivity index (χ1) is 6.75. The number of allylic oxidation sites excluding steroid dienone is 1. The largest absolute Gasteiger partial charge is 0.477 e. The normalized spacial score (nSPS) is 44.7. The SMILES string of the molecule is O=C(O)C1=CC2C(S1)[C@@H]1CCC[C@H]2C1. The third-order valence-corrected chi connectivity index (χ3v) is 5.50. The van der Waals surface area contributed by atoms with E-state index >= 15 is 0 Å². The molecule has 0 aromatic rings. The van der Waals surface area contributed by atoms with Gasteiger partial charge < -0.3 is 5.11 Å². The van der Waals surface area contributed by atoms with Gasteiger partial charge in [-0.1, -0.05) is 12.5 Å². The molecule has 0 amide bonds. The van der Waals surface area contributed by atoms with E-state index in [1.165, 1.54) is 25.7 Å². The van der Waals surface area contributed by atoms with Crippen molar-refractivity contribution in [2.75, 3.05) is 0 Å². The molecule has 76 valence electrons. The lowest BCUT2D eigenvalue weighted by atomic mass is 9.87. The van der Waals surface area contributed by atoms with E-state index in [1.807, 2.05) is 6.08 Å². The average Bonchev–Trinajstić information content (AvgIpc) is 2.69. The minimum atomic E-state index is -0.720. The summed E-state index contributed by atoms with van der Waals surface area (Å²) in [5, 5.41) is 9.55. The Morgan fingerprint density at radius 2 is 2.21 bits per heavy atom. The molecule has 3 rings (SSSR count). The van der Waals surface area contributed by atoms with Gasteiger partial charge >= 0.3 is 5.97 Å². The highest BCUT2D eigenvalue weighted by Gasteiger charge is 2.48. The summed E-state index contributed by atoms with van der Waals surface area (Å²) in [6, 6.07) is 0. The van der Waals surface area contributed by atoms with Crippen LogP contribution in [0.2, 0.25) is 0 Å². The van der Waals surface area contributed by atoms with Crippen LogP contribution >= 0.6 is 11.8 Å². The van der Waals surface area contributed by atoms with Gasteiger partial charge in [-0.3, -0.25) is 0 Å². The van der Waals surface area contributed by atoms with E-state index in [4.69, 9.17) is 5.11 Å². The first-order valence-corrected chi connectivity index (χ1v) is 6.25. The molecule has 0 aromatic heterocycles. The fraction of sp³-hybridized carbons (Fsp3) is 0.727. The minimum absolute atomic E-state index is 0.582. The monoisotopic (exact) mass is 210 g/mol. The first-order valence-electron chi connectivity index (χ1n) is 5.37. The topological polar surface area (TPSA) is 37.3 Å². The summed E-state index contributed by atoms with van der Waals surface area (Å²) >= 11 is 1.63. The van der Waals surface area contributed by atoms with Crippen LogP contribution in [-0.2, 0) is 4.79 Å². The fourth-order valence-corrected chi connectivity index (χ4v) is 4.91. The van der Waals surface area contributed by atoms with Gasteiger partial charge in [0.1, 0.15) is 0 Å². The van der Waals surface area contributed by atoms with Crippen molar-refractivity contribution in [1.82, 2.24) is 0 Å². The number of hydrogen-bond acceptors (Lipinski definition) is 2. The second kappa shape index (κ2) is 3.02. The quantitative estimate of drug-likeness (QED) is 0.722. The lowest BCUT2D eigenvalue weighted by Crippen LogP contribution is -2.12. The van der Waals surface area contributed by atoms with Gasteiger partial charge in [0.2, 0.25) is 0 Å². The molecule has 2 nitrogen and oxygen atoms in total. The van der Waals surface area contributed by atoms with E-state index in [0.717, 1.165) is 11.8 Å². The molecule has 2 bridgehead atoms. The van der Waals surface area contributed by atoms with E-state index in [0.29, 0.717) is 16.1 Å². The summed E-state index contributed by atoms with van der Waals surface area (Å²) in [6.07, 6.45) is 7.39. The number of carboxylic acid groups (broad SMARTS) is 1. The second-order valence-corrected chi connectivity index (χ2v) is 5.90. The molecule has 1 heterocycles. The Morgan fingerprint density at radius 1 is 1.43 bits per heavy atom. The van der Waals surface area contributed by atoms with E-state index < -0.39 is 5.97 Å². The second-order valence-electron chi connectivity index (χ2n) is 4.68. The number of aliphatic carboxylic acids is 1. The van der Waals surface area contributed by atoms with Crippen LogP contribution in [0.5, 0.6) is 0 Å². The van der Waals surface area contributed by atoms with Gasteiger partial charge in [0.15, 0.2) is 0 Å². The number of carbonyl (C=O) groups is 1. The Labute approximate surface area is 87.8 Å². The molecule has 2 aliphatic carbocycles. The summed E-state index contributed by atoms with van der Waals surface area (Å²) in [6.45, 7) is 0. The average molecular weight is 210 g/mol. The molecule has 4 atom stereocenters. The van der Waals surface area contributed by atoms with Gasteiger partial charge in [-0.15, -0.1) is 11.8 Å². The fourth-order valence-electron chi connectivity index (χ4n) is 3.39. The Bertz CT molecular complexity index is 310. The van der Waals surface area contributed by atoms with Gasteiger partial charge in [-0.2, -0.15) is 0 Å². The molecule has 2 saturated carbocycles. The molecule has 0 aromatic carbocycles. The van der Waals surface area contributed by atoms with Crippen LogP contribution in [0.15, 0.2) is 11.0 Å². The molecule has 0 spiro atoms. The van der Waals surface area contributed by atoms with Crippen molar-refractivity contribution in [3.05, 3.63) is 11.0 Å². The van der Waals surface area contributed by atoms with Crippen LogP contribution in [0.25, 0.3) is 0 Å². The van der Waals surface area contributed by atoms with Crippen molar-refractivity contribution in [2.45, 2.75) is 30.9 Å². The molecule has 1 N–H and O–H groups in total. The highest BCUT2D eigenvalue weighted by molar-refractivity contribution is 8.04. The highest BCUT2D eigenvalue weighted by Crippen LogP contribution is 2.56. The number of thioether (sulfide) groups is 1. The Kier molecular flexibility index (Phi) is 1.91. The Hall–Kier alpha value is -0.440. The smallest absolute Gasteiger partial charge is 0.341 e. The number of fused-ring (bicyclic) bond motifs is 5. The third-order valence-electron chi connectivity index (χ3n) is 3.96. The van der Waals surface area contributed by atoms with Crippen molar-refractivity contribution in [3.8, 4) is 0 Å². The number of hydrogen-bond donors (Lipinski definition) is 1. The van der Waals surface area contributed by atoms with Crippen LogP contribution in [0, 0.1) is 17.8 Å². The maximum atomic E-state index is 10.9. The zero-order chi connectivity index (χ0) is 9.71. The summed E-state index contributed by atoms with van der Waals surface area (Å²) in [4.78, 5) is 11.5. The van der Waals surface area contributed by atoms with Crippen molar-refractivity contribution in [2.24, 2.45) is 17.8 Å². The summed E-state index contributed by atoms with van der Waals surface area (Å²) < 4.78 is 0. The Morgan fingerprint density at radius 3 is 3.00 bits per heavy atom. The van der Waals surface area contributed by atoms with Crippen LogP contribution in [0.3, 0.4) is 0 Å². The Balaban J connectivity index is 1.87. The number of carboxylic acids is 1. The van der Waals surface area contributed by atoms with Crippen molar-refractivity contribution >= 4 is 17.7 Å². The zero-order valence-electron chi connectivity index (χ0n) is 7.98. The molecule has 3 aliphatic rings. The minimum Gasteiger partial charge on any atom is -0.477 e. The predicted molar refractivity (Wildman–Crippen MR) is 56.0 cm³/mol. The molecule has 0 saturated heterocycles. The van der Waals surface area contributed by atoms with Crippen molar-refractivity contribution in [3.63, 3.8) is 0 Å². The van der Waals surface area contributed by atoms with Gasteiger partial charge in [0, 0.05) is 5.25 Å². The van der Waals surface area contributed by atoms with E-state index in [2.05, 4.69) is 0 Å². The van der Waals surface area contributed by atoms with E-state index in [-0.39, 0.29) is 0 Å². The zero-order valence-corrected chi connectivity index (χ0v) is 8.80. The van der Waals surface area contributed by atoms with Crippen LogP contribution < -0.4 is 0 Å². The van der Waals surface area contributed by atoms with Crippen molar-refractivity contribution < 1.29 is 9.90 Å².